The number of likely N-dealkylation sites (N-methyl/N-ethyl adjacent to an activating group) is 1. The van der Waals surface area contributed by atoms with Crippen LogP contribution in [0.5, 0.6) is 0 Å². The van der Waals surface area contributed by atoms with Crippen molar-refractivity contribution in [1.29, 1.82) is 0 Å². The number of likely N-dealkylation sites (tertiary alicyclic amines) is 1. The fourth-order valence-corrected chi connectivity index (χ4v) is 3.91. The number of benzene rings is 2. The lowest BCUT2D eigenvalue weighted by Crippen LogP contribution is -2.48. The molecule has 1 fully saturated rings. The lowest BCUT2D eigenvalue weighted by atomic mass is 10.1. The Balaban J connectivity index is 1.65. The van der Waals surface area contributed by atoms with Crippen molar-refractivity contribution in [3.8, 4) is 0 Å². The second kappa shape index (κ2) is 9.29. The molecule has 0 aliphatic carbocycles. The van der Waals surface area contributed by atoms with Crippen LogP contribution in [0.25, 0.3) is 0 Å². The van der Waals surface area contributed by atoms with E-state index >= 15 is 0 Å². The van der Waals surface area contributed by atoms with E-state index in [1.54, 1.807) is 25.2 Å². The minimum atomic E-state index is -0.616. The fourth-order valence-electron chi connectivity index (χ4n) is 3.38. The summed E-state index contributed by atoms with van der Waals surface area (Å²) in [4.78, 5) is 40.9. The van der Waals surface area contributed by atoms with Gasteiger partial charge in [-0.2, -0.15) is 0 Å². The number of nitrogens with one attached hydrogen (secondary N) is 1. The first kappa shape index (κ1) is 21.1. The monoisotopic (exact) mass is 433 g/mol. The summed E-state index contributed by atoms with van der Waals surface area (Å²) in [7, 11) is 1.56. The Labute approximate surface area is 179 Å². The maximum absolute atomic E-state index is 12.9. The minimum Gasteiger partial charge on any atom is -0.335 e. The Morgan fingerprint density at radius 1 is 1.10 bits per heavy atom. The minimum absolute atomic E-state index is 0.102. The van der Waals surface area contributed by atoms with Crippen molar-refractivity contribution in [2.24, 2.45) is 0 Å². The van der Waals surface area contributed by atoms with Gasteiger partial charge in [-0.25, -0.2) is 0 Å². The summed E-state index contributed by atoms with van der Waals surface area (Å²) in [6, 6.07) is 13.0. The van der Waals surface area contributed by atoms with Crippen molar-refractivity contribution in [3.05, 3.63) is 64.1 Å². The zero-order valence-corrected chi connectivity index (χ0v) is 17.4. The van der Waals surface area contributed by atoms with Crippen molar-refractivity contribution < 1.29 is 14.4 Å². The molecule has 1 unspecified atom stereocenters. The van der Waals surface area contributed by atoms with E-state index in [4.69, 9.17) is 23.2 Å². The van der Waals surface area contributed by atoms with Crippen LogP contribution in [0.3, 0.4) is 0 Å². The summed E-state index contributed by atoms with van der Waals surface area (Å²) in [5.74, 6) is -0.871. The molecule has 3 amide bonds. The van der Waals surface area contributed by atoms with Crippen molar-refractivity contribution in [2.45, 2.75) is 18.9 Å². The van der Waals surface area contributed by atoms with Gasteiger partial charge in [0.25, 0.3) is 5.91 Å². The molecule has 1 N–H and O–H groups in total. The maximum Gasteiger partial charge on any atom is 0.254 e. The number of anilines is 1. The number of carbonyl (C=O) groups excluding carboxylic acids is 3. The average molecular weight is 434 g/mol. The van der Waals surface area contributed by atoms with Crippen LogP contribution in [0, 0.1) is 0 Å². The molecular formula is C21H21Cl2N3O3. The molecule has 29 heavy (non-hydrogen) atoms. The van der Waals surface area contributed by atoms with Crippen LogP contribution in [-0.2, 0) is 9.59 Å². The van der Waals surface area contributed by atoms with Gasteiger partial charge in [-0.1, -0.05) is 41.4 Å². The number of hydrogen-bond donors (Lipinski definition) is 1. The molecule has 1 saturated heterocycles. The summed E-state index contributed by atoms with van der Waals surface area (Å²) >= 11 is 12.0. The van der Waals surface area contributed by atoms with E-state index in [1.807, 2.05) is 18.2 Å². The normalized spacial score (nSPS) is 15.8. The first-order valence-electron chi connectivity index (χ1n) is 9.22. The van der Waals surface area contributed by atoms with Crippen LogP contribution in [0.1, 0.15) is 23.2 Å². The van der Waals surface area contributed by atoms with Crippen molar-refractivity contribution in [1.82, 2.24) is 9.80 Å². The molecule has 0 spiro atoms. The van der Waals surface area contributed by atoms with Gasteiger partial charge in [0, 0.05) is 34.9 Å². The Hall–Kier alpha value is -2.57. The van der Waals surface area contributed by atoms with Gasteiger partial charge < -0.3 is 15.1 Å². The Kier molecular flexibility index (Phi) is 6.77. The van der Waals surface area contributed by atoms with E-state index < -0.39 is 6.04 Å². The molecule has 6 nitrogen and oxygen atoms in total. The topological polar surface area (TPSA) is 69.7 Å². The molecule has 152 valence electrons. The molecule has 1 heterocycles. The second-order valence-corrected chi connectivity index (χ2v) is 7.80. The van der Waals surface area contributed by atoms with Crippen LogP contribution < -0.4 is 5.32 Å². The van der Waals surface area contributed by atoms with Gasteiger partial charge in [0.15, 0.2) is 0 Å². The molecule has 1 aliphatic rings. The Morgan fingerprint density at radius 2 is 1.76 bits per heavy atom. The van der Waals surface area contributed by atoms with E-state index in [9.17, 15) is 14.4 Å². The summed E-state index contributed by atoms with van der Waals surface area (Å²) < 4.78 is 0. The molecule has 8 heteroatoms. The number of amides is 3. The van der Waals surface area contributed by atoms with Gasteiger partial charge in [-0.3, -0.25) is 14.4 Å². The molecule has 0 saturated carbocycles. The average Bonchev–Trinajstić information content (AvgIpc) is 3.16. The van der Waals surface area contributed by atoms with E-state index in [2.05, 4.69) is 5.32 Å². The third-order valence-electron chi connectivity index (χ3n) is 4.72. The molecule has 1 aliphatic heterocycles. The van der Waals surface area contributed by atoms with Crippen LogP contribution in [0.2, 0.25) is 10.0 Å². The molecule has 1 atom stereocenters. The van der Waals surface area contributed by atoms with E-state index in [1.165, 1.54) is 21.9 Å². The van der Waals surface area contributed by atoms with Crippen molar-refractivity contribution in [3.63, 3.8) is 0 Å². The zero-order chi connectivity index (χ0) is 21.0. The van der Waals surface area contributed by atoms with Crippen LogP contribution in [-0.4, -0.2) is 53.7 Å². The third kappa shape index (κ3) is 5.28. The van der Waals surface area contributed by atoms with Gasteiger partial charge in [-0.05, 0) is 43.2 Å². The highest BCUT2D eigenvalue weighted by Gasteiger charge is 2.36. The van der Waals surface area contributed by atoms with Crippen molar-refractivity contribution in [2.75, 3.05) is 25.5 Å². The maximum atomic E-state index is 12.9. The van der Waals surface area contributed by atoms with E-state index in [0.717, 1.165) is 0 Å². The number of para-hydroxylation sites is 1. The van der Waals surface area contributed by atoms with Gasteiger partial charge in [-0.15, -0.1) is 0 Å². The Bertz CT molecular complexity index is 900. The third-order valence-corrected chi connectivity index (χ3v) is 5.16. The van der Waals surface area contributed by atoms with Gasteiger partial charge >= 0.3 is 0 Å². The number of nitrogens with zero attached hydrogens (tertiary/aromatic N) is 2. The van der Waals surface area contributed by atoms with Gasteiger partial charge in [0.05, 0.1) is 6.54 Å². The molecule has 2 aromatic carbocycles. The summed E-state index contributed by atoms with van der Waals surface area (Å²) in [6.07, 6.45) is 1.25. The van der Waals surface area contributed by atoms with Gasteiger partial charge in [0.1, 0.15) is 6.04 Å². The predicted octanol–water partition coefficient (Wildman–Crippen LogP) is 3.70. The molecular weight excluding hydrogens is 413 g/mol. The quantitative estimate of drug-likeness (QED) is 0.781. The number of rotatable bonds is 5. The van der Waals surface area contributed by atoms with Gasteiger partial charge in [0.2, 0.25) is 11.8 Å². The number of hydrogen-bond acceptors (Lipinski definition) is 3. The van der Waals surface area contributed by atoms with Crippen LogP contribution in [0.15, 0.2) is 48.5 Å². The molecule has 0 radical (unpaired) electrons. The second-order valence-electron chi connectivity index (χ2n) is 6.92. The van der Waals surface area contributed by atoms with E-state index in [-0.39, 0.29) is 24.3 Å². The zero-order valence-electron chi connectivity index (χ0n) is 15.9. The molecule has 3 rings (SSSR count). The first-order chi connectivity index (χ1) is 13.8. The van der Waals surface area contributed by atoms with Crippen LogP contribution in [0.4, 0.5) is 5.69 Å². The van der Waals surface area contributed by atoms with E-state index in [0.29, 0.717) is 40.7 Å². The largest absolute Gasteiger partial charge is 0.335 e. The Morgan fingerprint density at radius 3 is 2.41 bits per heavy atom. The lowest BCUT2D eigenvalue weighted by Gasteiger charge is -2.28. The van der Waals surface area contributed by atoms with Crippen LogP contribution >= 0.6 is 23.2 Å². The summed E-state index contributed by atoms with van der Waals surface area (Å²) in [6.45, 7) is 0.360. The molecule has 0 aromatic heterocycles. The molecule has 0 bridgehead atoms. The fraction of sp³-hybridized carbons (Fsp3) is 0.286. The first-order valence-corrected chi connectivity index (χ1v) is 9.97. The highest BCUT2D eigenvalue weighted by molar-refractivity contribution is 6.35. The SMILES string of the molecule is CN(CC(=O)Nc1ccccc1)C(=O)C1CCCN1C(=O)c1cc(Cl)cc(Cl)c1. The number of halogens is 2. The standard InChI is InChI=1S/C21H21Cl2N3O3/c1-25(13-19(27)24-17-6-3-2-4-7-17)21(29)18-8-5-9-26(18)20(28)14-10-15(22)12-16(23)11-14/h2-4,6-7,10-12,18H,5,8-9,13H2,1H3,(H,24,27). The summed E-state index contributed by atoms with van der Waals surface area (Å²) in [5.41, 5.74) is 1.00. The van der Waals surface area contributed by atoms with Crippen molar-refractivity contribution >= 4 is 46.6 Å². The summed E-state index contributed by atoms with van der Waals surface area (Å²) in [5, 5.41) is 3.47. The number of carbonyl (C=O) groups is 3. The lowest BCUT2D eigenvalue weighted by molar-refractivity contribution is -0.136. The smallest absolute Gasteiger partial charge is 0.254 e. The highest BCUT2D eigenvalue weighted by Crippen LogP contribution is 2.25. The predicted molar refractivity (Wildman–Crippen MR) is 113 cm³/mol. The molecule has 2 aromatic rings. The highest BCUT2D eigenvalue weighted by atomic mass is 35.5.